The van der Waals surface area contributed by atoms with E-state index in [2.05, 4.69) is 0 Å². The molecule has 0 bridgehead atoms. The topological polar surface area (TPSA) is 0 Å². The molecule has 0 nitrogen and oxygen atoms in total. The van der Waals surface area contributed by atoms with Crippen molar-refractivity contribution in [2.24, 2.45) is 0 Å². The van der Waals surface area contributed by atoms with E-state index in [1.165, 1.54) is 0 Å². The molecule has 0 aliphatic carbocycles. The van der Waals surface area contributed by atoms with Crippen molar-refractivity contribution in [3.05, 3.63) is 33.6 Å². The molecule has 1 rings (SSSR count). The van der Waals surface area contributed by atoms with Gasteiger partial charge in [0.15, 0.2) is 17.5 Å². The maximum Gasteiger partial charge on any atom is 0.180 e. The van der Waals surface area contributed by atoms with Crippen molar-refractivity contribution < 1.29 is 13.2 Å². The van der Waals surface area contributed by atoms with Gasteiger partial charge in [-0.05, 0) is 6.07 Å². The minimum absolute atomic E-state index is 0.526. The van der Waals surface area contributed by atoms with Gasteiger partial charge in [-0.3, -0.25) is 0 Å². The lowest BCUT2D eigenvalue weighted by Gasteiger charge is -1.98. The molecule has 11 heavy (non-hydrogen) atoms. The fourth-order valence-corrected chi connectivity index (χ4v) is 0.975. The molecule has 1 aromatic rings. The van der Waals surface area contributed by atoms with E-state index in [0.717, 1.165) is 0 Å². The summed E-state index contributed by atoms with van der Waals surface area (Å²) in [6, 6.07) is 0.526. The zero-order valence-corrected chi connectivity index (χ0v) is 6.48. The summed E-state index contributed by atoms with van der Waals surface area (Å²) in [5.74, 6) is -3.83. The first-order valence-corrected chi connectivity index (χ1v) is 3.28. The van der Waals surface area contributed by atoms with E-state index in [-0.39, 0.29) is 0 Å². The van der Waals surface area contributed by atoms with Gasteiger partial charge in [-0.25, -0.2) is 13.2 Å². The minimum Gasteiger partial charge on any atom is -0.204 e. The van der Waals surface area contributed by atoms with E-state index >= 15 is 0 Å². The lowest BCUT2D eigenvalue weighted by Crippen LogP contribution is -1.90. The predicted octanol–water partition coefficient (Wildman–Crippen LogP) is 3.41. The van der Waals surface area contributed by atoms with E-state index in [4.69, 9.17) is 23.2 Å². The third-order valence-corrected chi connectivity index (χ3v) is 1.67. The van der Waals surface area contributed by atoms with Crippen LogP contribution in [0, 0.1) is 17.5 Å². The normalized spacial score (nSPS) is 10.3. The number of hydrogen-bond donors (Lipinski definition) is 0. The zero-order chi connectivity index (χ0) is 8.59. The Morgan fingerprint density at radius 2 is 1.55 bits per heavy atom. The Balaban J connectivity index is 3.46. The van der Waals surface area contributed by atoms with Crippen molar-refractivity contribution in [3.8, 4) is 0 Å². The summed E-state index contributed by atoms with van der Waals surface area (Å²) in [5, 5.41) is -1.45. The summed E-state index contributed by atoms with van der Waals surface area (Å²) in [4.78, 5) is 0. The largest absolute Gasteiger partial charge is 0.204 e. The van der Waals surface area contributed by atoms with Crippen molar-refractivity contribution in [1.82, 2.24) is 0 Å². The molecule has 1 aromatic carbocycles. The van der Waals surface area contributed by atoms with Crippen LogP contribution in [0.1, 0.15) is 0 Å². The Morgan fingerprint density at radius 1 is 1.00 bits per heavy atom. The Labute approximate surface area is 70.5 Å². The second kappa shape index (κ2) is 2.91. The summed E-state index contributed by atoms with van der Waals surface area (Å²) < 4.78 is 37.2. The number of benzene rings is 1. The first kappa shape index (κ1) is 8.68. The molecule has 0 aliphatic rings. The van der Waals surface area contributed by atoms with Crippen molar-refractivity contribution >= 4 is 23.2 Å². The SMILES string of the molecule is Fc1cc(Cl)c(F)c(Cl)c1F. The molecule has 0 aliphatic heterocycles. The fourth-order valence-electron chi connectivity index (χ4n) is 0.544. The summed E-state index contributed by atoms with van der Waals surface area (Å²) in [6.07, 6.45) is 0. The monoisotopic (exact) mass is 200 g/mol. The molecule has 0 unspecified atom stereocenters. The van der Waals surface area contributed by atoms with Crippen LogP contribution in [0.25, 0.3) is 0 Å². The maximum absolute atomic E-state index is 12.5. The van der Waals surface area contributed by atoms with Gasteiger partial charge in [-0.2, -0.15) is 0 Å². The first-order valence-electron chi connectivity index (χ1n) is 2.52. The second-order valence-corrected chi connectivity index (χ2v) is 2.57. The van der Waals surface area contributed by atoms with Crippen LogP contribution in [0.4, 0.5) is 13.2 Å². The van der Waals surface area contributed by atoms with Crippen LogP contribution in [0.2, 0.25) is 10.0 Å². The van der Waals surface area contributed by atoms with E-state index in [1.807, 2.05) is 0 Å². The van der Waals surface area contributed by atoms with Gasteiger partial charge in [0.25, 0.3) is 0 Å². The average Bonchev–Trinajstić information content (AvgIpc) is 1.97. The molecule has 0 radical (unpaired) electrons. The summed E-state index contributed by atoms with van der Waals surface area (Å²) >= 11 is 10.1. The highest BCUT2D eigenvalue weighted by molar-refractivity contribution is 6.34. The first-order chi connectivity index (χ1) is 5.04. The molecule has 0 amide bonds. The molecule has 0 saturated heterocycles. The molecule has 0 heterocycles. The summed E-state index contributed by atoms with van der Waals surface area (Å²) in [6.45, 7) is 0. The maximum atomic E-state index is 12.5. The standard InChI is InChI=1S/C6HCl2F3/c7-2-1-3(9)6(11)4(8)5(2)10/h1H. The third-order valence-electron chi connectivity index (χ3n) is 1.06. The zero-order valence-electron chi connectivity index (χ0n) is 4.97. The third kappa shape index (κ3) is 1.44. The van der Waals surface area contributed by atoms with Gasteiger partial charge in [0.05, 0.1) is 5.02 Å². The lowest BCUT2D eigenvalue weighted by molar-refractivity contribution is 0.495. The molecular weight excluding hydrogens is 200 g/mol. The molecule has 0 N–H and O–H groups in total. The number of rotatable bonds is 0. The van der Waals surface area contributed by atoms with Gasteiger partial charge in [0.2, 0.25) is 0 Å². The predicted molar refractivity (Wildman–Crippen MR) is 36.3 cm³/mol. The summed E-state index contributed by atoms with van der Waals surface area (Å²) in [5.41, 5.74) is 0. The van der Waals surface area contributed by atoms with Gasteiger partial charge < -0.3 is 0 Å². The molecule has 0 spiro atoms. The molecule has 5 heteroatoms. The molecule has 0 saturated carbocycles. The van der Waals surface area contributed by atoms with Crippen LogP contribution in [-0.2, 0) is 0 Å². The van der Waals surface area contributed by atoms with Gasteiger partial charge >= 0.3 is 0 Å². The average molecular weight is 201 g/mol. The van der Waals surface area contributed by atoms with Crippen LogP contribution >= 0.6 is 23.2 Å². The van der Waals surface area contributed by atoms with Crippen LogP contribution in [0.3, 0.4) is 0 Å². The van der Waals surface area contributed by atoms with E-state index in [1.54, 1.807) is 0 Å². The van der Waals surface area contributed by atoms with Crippen molar-refractivity contribution in [2.45, 2.75) is 0 Å². The Bertz CT molecular complexity index is 272. The van der Waals surface area contributed by atoms with Gasteiger partial charge in [-0.15, -0.1) is 0 Å². The smallest absolute Gasteiger partial charge is 0.180 e. The second-order valence-electron chi connectivity index (χ2n) is 1.78. The van der Waals surface area contributed by atoms with Crippen LogP contribution in [0.5, 0.6) is 0 Å². The van der Waals surface area contributed by atoms with Gasteiger partial charge in [0.1, 0.15) is 5.02 Å². The lowest BCUT2D eigenvalue weighted by atomic mass is 10.3. The van der Waals surface area contributed by atoms with Crippen LogP contribution in [0.15, 0.2) is 6.07 Å². The quantitative estimate of drug-likeness (QED) is 0.445. The highest BCUT2D eigenvalue weighted by Crippen LogP contribution is 2.27. The molecule has 0 atom stereocenters. The van der Waals surface area contributed by atoms with Crippen molar-refractivity contribution in [1.29, 1.82) is 0 Å². The van der Waals surface area contributed by atoms with Crippen molar-refractivity contribution in [3.63, 3.8) is 0 Å². The molecule has 0 fully saturated rings. The highest BCUT2D eigenvalue weighted by Gasteiger charge is 2.15. The van der Waals surface area contributed by atoms with Crippen LogP contribution in [-0.4, -0.2) is 0 Å². The highest BCUT2D eigenvalue weighted by atomic mass is 35.5. The van der Waals surface area contributed by atoms with E-state index < -0.39 is 27.5 Å². The molecular formula is C6HCl2F3. The van der Waals surface area contributed by atoms with Gasteiger partial charge in [0, 0.05) is 0 Å². The Kier molecular flexibility index (Phi) is 2.30. The summed E-state index contributed by atoms with van der Waals surface area (Å²) in [7, 11) is 0. The molecule has 60 valence electrons. The van der Waals surface area contributed by atoms with E-state index in [0.29, 0.717) is 6.07 Å². The van der Waals surface area contributed by atoms with Crippen LogP contribution < -0.4 is 0 Å². The Morgan fingerprint density at radius 3 is 2.09 bits per heavy atom. The number of hydrogen-bond acceptors (Lipinski definition) is 0. The Hall–Kier alpha value is -0.410. The molecule has 0 aromatic heterocycles. The fraction of sp³-hybridized carbons (Fsp3) is 0. The van der Waals surface area contributed by atoms with Gasteiger partial charge in [-0.1, -0.05) is 23.2 Å². The van der Waals surface area contributed by atoms with Crippen molar-refractivity contribution in [2.75, 3.05) is 0 Å². The van der Waals surface area contributed by atoms with E-state index in [9.17, 15) is 13.2 Å². The number of halogens is 5. The minimum atomic E-state index is -1.42.